The van der Waals surface area contributed by atoms with Crippen molar-refractivity contribution in [2.24, 2.45) is 0 Å². The van der Waals surface area contributed by atoms with E-state index in [0.29, 0.717) is 19.3 Å². The largest absolute Gasteiger partial charge is 0.511 e. The van der Waals surface area contributed by atoms with Gasteiger partial charge in [0, 0.05) is 18.6 Å². The molecule has 1 unspecified atom stereocenters. The zero-order valence-corrected chi connectivity index (χ0v) is 18.5. The number of carbonyl (C=O) groups excluding carboxylic acids is 2. The number of rotatable bonds is 7. The van der Waals surface area contributed by atoms with E-state index in [1.807, 2.05) is 20.8 Å². The molecule has 1 fully saturated rings. The number of aliphatic hydroxyl groups excluding tert-OH is 1. The molecule has 1 aliphatic heterocycles. The molecule has 0 aromatic carbocycles. The number of hydrogen-bond acceptors (Lipinski definition) is 5. The molecule has 4 N–H and O–H groups in total. The first-order valence-electron chi connectivity index (χ1n) is 10.00. The lowest BCUT2D eigenvalue weighted by Crippen LogP contribution is -2.54. The third-order valence-corrected chi connectivity index (χ3v) is 7.04. The van der Waals surface area contributed by atoms with Crippen LogP contribution in [0.1, 0.15) is 40.0 Å². The average Bonchev–Trinajstić information content (AvgIpc) is 3.15. The van der Waals surface area contributed by atoms with Crippen molar-refractivity contribution in [3.63, 3.8) is 0 Å². The Morgan fingerprint density at radius 2 is 2.00 bits per heavy atom. The van der Waals surface area contributed by atoms with Crippen molar-refractivity contribution >= 4 is 22.0 Å². The van der Waals surface area contributed by atoms with E-state index in [1.54, 1.807) is 24.3 Å². The van der Waals surface area contributed by atoms with Gasteiger partial charge in [-0.05, 0) is 40.0 Å². The summed E-state index contributed by atoms with van der Waals surface area (Å²) >= 11 is 0. The molecule has 0 aromatic rings. The van der Waals surface area contributed by atoms with Gasteiger partial charge in [-0.1, -0.05) is 30.9 Å². The number of carbonyl (C=O) groups is 2. The van der Waals surface area contributed by atoms with Crippen LogP contribution in [0.25, 0.3) is 0 Å². The Balaban J connectivity index is 2.02. The Bertz CT molecular complexity index is 829. The summed E-state index contributed by atoms with van der Waals surface area (Å²) in [5.41, 5.74) is -0.444. The third-order valence-electron chi connectivity index (χ3n) is 4.83. The summed E-state index contributed by atoms with van der Waals surface area (Å²) in [6.45, 7) is 9.10. The van der Waals surface area contributed by atoms with Gasteiger partial charge in [0.05, 0.1) is 5.25 Å². The topological polar surface area (TPSA) is 128 Å². The van der Waals surface area contributed by atoms with Crippen molar-refractivity contribution in [2.75, 3.05) is 13.1 Å². The number of nitrogens with zero attached hydrogens (tertiary/aromatic N) is 1. The number of urea groups is 1. The predicted octanol–water partition coefficient (Wildman–Crippen LogP) is 1.32. The fourth-order valence-corrected chi connectivity index (χ4v) is 5.29. The highest BCUT2D eigenvalue weighted by molar-refractivity contribution is 7.90. The van der Waals surface area contributed by atoms with Gasteiger partial charge in [-0.2, -0.15) is 4.31 Å². The Hall–Kier alpha value is -2.33. The Morgan fingerprint density at radius 1 is 1.30 bits per heavy atom. The predicted molar refractivity (Wildman–Crippen MR) is 115 cm³/mol. The van der Waals surface area contributed by atoms with Crippen LogP contribution >= 0.6 is 0 Å². The second kappa shape index (κ2) is 9.65. The smallest absolute Gasteiger partial charge is 0.315 e. The van der Waals surface area contributed by atoms with Crippen LogP contribution in [0.3, 0.4) is 0 Å². The molecule has 168 valence electrons. The minimum absolute atomic E-state index is 0.0847. The van der Waals surface area contributed by atoms with Crippen LogP contribution in [0.2, 0.25) is 0 Å². The van der Waals surface area contributed by atoms with E-state index < -0.39 is 44.8 Å². The SMILES string of the molecule is C=C(O)[C@H](CNC(=O)NC(C)(C)C)NC(=O)[C@@H]1CCCN1S(=O)(=O)C1C=CC=CC1. The molecule has 3 amide bonds. The van der Waals surface area contributed by atoms with Crippen molar-refractivity contribution in [3.8, 4) is 0 Å². The summed E-state index contributed by atoms with van der Waals surface area (Å²) < 4.78 is 27.2. The van der Waals surface area contributed by atoms with Crippen LogP contribution in [-0.2, 0) is 14.8 Å². The van der Waals surface area contributed by atoms with E-state index in [4.69, 9.17) is 0 Å². The summed E-state index contributed by atoms with van der Waals surface area (Å²) in [5.74, 6) is -0.850. The van der Waals surface area contributed by atoms with E-state index in [1.165, 1.54) is 4.31 Å². The summed E-state index contributed by atoms with van der Waals surface area (Å²) in [7, 11) is -3.69. The number of allylic oxidation sites excluding steroid dienone is 3. The van der Waals surface area contributed by atoms with Crippen LogP contribution in [0.15, 0.2) is 36.6 Å². The van der Waals surface area contributed by atoms with Gasteiger partial charge in [0.25, 0.3) is 0 Å². The molecule has 2 aliphatic rings. The van der Waals surface area contributed by atoms with E-state index >= 15 is 0 Å². The molecule has 10 heteroatoms. The van der Waals surface area contributed by atoms with E-state index in [2.05, 4.69) is 22.5 Å². The quantitative estimate of drug-likeness (QED) is 0.444. The number of hydrogen-bond donors (Lipinski definition) is 4. The maximum Gasteiger partial charge on any atom is 0.315 e. The van der Waals surface area contributed by atoms with E-state index in [0.717, 1.165) is 0 Å². The van der Waals surface area contributed by atoms with Gasteiger partial charge in [0.15, 0.2) is 0 Å². The fraction of sp³-hybridized carbons (Fsp3) is 0.600. The Labute approximate surface area is 178 Å². The van der Waals surface area contributed by atoms with Crippen LogP contribution < -0.4 is 16.0 Å². The molecule has 0 bridgehead atoms. The van der Waals surface area contributed by atoms with Gasteiger partial charge in [0.2, 0.25) is 15.9 Å². The highest BCUT2D eigenvalue weighted by Gasteiger charge is 2.42. The Kier molecular flexibility index (Phi) is 7.70. The van der Waals surface area contributed by atoms with Crippen LogP contribution in [0.5, 0.6) is 0 Å². The lowest BCUT2D eigenvalue weighted by Gasteiger charge is -2.29. The monoisotopic (exact) mass is 440 g/mol. The normalized spacial score (nSPS) is 23.0. The molecule has 1 aliphatic carbocycles. The zero-order valence-electron chi connectivity index (χ0n) is 17.7. The highest BCUT2D eigenvalue weighted by atomic mass is 32.2. The van der Waals surface area contributed by atoms with Gasteiger partial charge in [0.1, 0.15) is 17.8 Å². The first kappa shape index (κ1) is 23.9. The highest BCUT2D eigenvalue weighted by Crippen LogP contribution is 2.27. The minimum atomic E-state index is -3.69. The number of amides is 3. The minimum Gasteiger partial charge on any atom is -0.511 e. The van der Waals surface area contributed by atoms with Crippen molar-refractivity contribution in [1.29, 1.82) is 0 Å². The molecular weight excluding hydrogens is 408 g/mol. The molecule has 9 nitrogen and oxygen atoms in total. The van der Waals surface area contributed by atoms with Crippen molar-refractivity contribution in [1.82, 2.24) is 20.3 Å². The molecule has 0 saturated carbocycles. The molecule has 1 heterocycles. The summed E-state index contributed by atoms with van der Waals surface area (Å²) in [5, 5.41) is 17.1. The molecule has 1 saturated heterocycles. The molecule has 2 rings (SSSR count). The fourth-order valence-electron chi connectivity index (χ4n) is 3.36. The van der Waals surface area contributed by atoms with Crippen molar-refractivity contribution in [3.05, 3.63) is 36.6 Å². The molecule has 30 heavy (non-hydrogen) atoms. The van der Waals surface area contributed by atoms with Gasteiger partial charge in [-0.25, -0.2) is 13.2 Å². The van der Waals surface area contributed by atoms with Crippen LogP contribution in [-0.4, -0.2) is 65.7 Å². The molecule has 3 atom stereocenters. The zero-order chi connectivity index (χ0) is 22.5. The first-order valence-corrected chi connectivity index (χ1v) is 11.5. The average molecular weight is 441 g/mol. The molecular formula is C20H32N4O5S. The second-order valence-electron chi connectivity index (χ2n) is 8.54. The molecule has 0 aromatic heterocycles. The summed E-state index contributed by atoms with van der Waals surface area (Å²) in [6, 6.07) is -2.25. The lowest BCUT2D eigenvalue weighted by atomic mass is 10.1. The van der Waals surface area contributed by atoms with Gasteiger partial charge >= 0.3 is 6.03 Å². The molecule has 0 spiro atoms. The number of sulfonamides is 1. The van der Waals surface area contributed by atoms with Crippen molar-refractivity contribution in [2.45, 2.75) is 62.9 Å². The number of aliphatic hydroxyl groups is 1. The van der Waals surface area contributed by atoms with Crippen LogP contribution in [0, 0.1) is 0 Å². The lowest BCUT2D eigenvalue weighted by molar-refractivity contribution is -0.124. The van der Waals surface area contributed by atoms with E-state index in [-0.39, 0.29) is 18.8 Å². The standard InChI is InChI=1S/C20H32N4O5S/c1-14(25)16(13-21-19(27)23-20(2,3)4)22-18(26)17-11-8-12-24(17)30(28,29)15-9-6-5-7-10-15/h5-7,9,15-17,25H,1,8,10-13H2,2-4H3,(H,22,26)(H2,21,23,27)/t15?,16-,17-/m0/s1. The Morgan fingerprint density at radius 3 is 2.57 bits per heavy atom. The maximum absolute atomic E-state index is 13.0. The van der Waals surface area contributed by atoms with Gasteiger partial charge in [-0.3, -0.25) is 4.79 Å². The van der Waals surface area contributed by atoms with Gasteiger partial charge in [-0.15, -0.1) is 0 Å². The third kappa shape index (κ3) is 6.33. The first-order chi connectivity index (χ1) is 13.9. The van der Waals surface area contributed by atoms with Crippen molar-refractivity contribution < 1.29 is 23.1 Å². The summed E-state index contributed by atoms with van der Waals surface area (Å²) in [4.78, 5) is 24.8. The maximum atomic E-state index is 13.0. The van der Waals surface area contributed by atoms with E-state index in [9.17, 15) is 23.1 Å². The van der Waals surface area contributed by atoms with Crippen LogP contribution in [0.4, 0.5) is 4.79 Å². The van der Waals surface area contributed by atoms with Gasteiger partial charge < -0.3 is 21.1 Å². The summed E-state index contributed by atoms with van der Waals surface area (Å²) in [6.07, 6.45) is 8.22. The number of nitrogens with one attached hydrogen (secondary N) is 3. The molecule has 0 radical (unpaired) electrons. The second-order valence-corrected chi connectivity index (χ2v) is 10.6.